The van der Waals surface area contributed by atoms with Gasteiger partial charge in [0.25, 0.3) is 0 Å². The van der Waals surface area contributed by atoms with Crippen molar-refractivity contribution in [2.45, 2.75) is 83.4 Å². The minimum atomic E-state index is -0.0783. The summed E-state index contributed by atoms with van der Waals surface area (Å²) in [5, 5.41) is 0. The molecule has 162 valence electrons. The molecule has 0 saturated heterocycles. The summed E-state index contributed by atoms with van der Waals surface area (Å²) in [4.78, 5) is 24.0. The van der Waals surface area contributed by atoms with E-state index in [1.807, 2.05) is 0 Å². The maximum absolute atomic E-state index is 12.3. The van der Waals surface area contributed by atoms with Gasteiger partial charge in [0, 0.05) is 12.8 Å². The van der Waals surface area contributed by atoms with Gasteiger partial charge in [-0.25, -0.2) is 0 Å². The summed E-state index contributed by atoms with van der Waals surface area (Å²) in [6, 6.07) is 0. The van der Waals surface area contributed by atoms with Crippen molar-refractivity contribution >= 4 is 27.7 Å². The standard InChI is InChI=1S/C25H37BrO3/c1-15(5-10-23(28)29-4)18-8-9-19-17-7-6-16-13-22(27)21(26)14-25(16,3)20(17)11-12-24(18,19)2/h7,15-16,18-21H,5-6,8-14H2,1-4H3/t15-,16-,18-,19+,20+,21+,24-,25+/m1/s1. The van der Waals surface area contributed by atoms with Crippen LogP contribution in [0.2, 0.25) is 0 Å². The van der Waals surface area contributed by atoms with Gasteiger partial charge in [-0.05, 0) is 85.4 Å². The summed E-state index contributed by atoms with van der Waals surface area (Å²) in [5.41, 5.74) is 2.36. The molecular formula is C25H37BrO3. The molecule has 4 rings (SSSR count). The number of carbonyl (C=O) groups is 2. The average Bonchev–Trinajstić information content (AvgIpc) is 3.04. The zero-order chi connectivity index (χ0) is 21.0. The molecule has 4 aliphatic rings. The number of rotatable bonds is 4. The topological polar surface area (TPSA) is 43.4 Å². The third kappa shape index (κ3) is 3.46. The summed E-state index contributed by atoms with van der Waals surface area (Å²) in [5.74, 6) is 3.45. The van der Waals surface area contributed by atoms with Crippen molar-refractivity contribution in [3.05, 3.63) is 11.6 Å². The number of Topliss-reactive ketones (excluding diaryl/α,β-unsaturated/α-hetero) is 1. The number of ether oxygens (including phenoxy) is 1. The highest BCUT2D eigenvalue weighted by Gasteiger charge is 2.58. The van der Waals surface area contributed by atoms with Gasteiger partial charge in [0.05, 0.1) is 11.9 Å². The molecule has 3 nitrogen and oxygen atoms in total. The number of hydrogen-bond acceptors (Lipinski definition) is 3. The molecule has 4 aliphatic carbocycles. The van der Waals surface area contributed by atoms with Gasteiger partial charge in [0.1, 0.15) is 5.78 Å². The number of fused-ring (bicyclic) bond motifs is 5. The highest BCUT2D eigenvalue weighted by Crippen LogP contribution is 2.67. The van der Waals surface area contributed by atoms with Crippen LogP contribution in [0, 0.1) is 40.4 Å². The Bertz CT molecular complexity index is 715. The second kappa shape index (κ2) is 7.80. The number of esters is 1. The normalized spacial score (nSPS) is 44.9. The second-order valence-corrected chi connectivity index (χ2v) is 12.0. The van der Waals surface area contributed by atoms with Crippen molar-refractivity contribution in [1.29, 1.82) is 0 Å². The van der Waals surface area contributed by atoms with E-state index < -0.39 is 0 Å². The van der Waals surface area contributed by atoms with E-state index in [4.69, 9.17) is 4.74 Å². The molecule has 0 aromatic rings. The summed E-state index contributed by atoms with van der Waals surface area (Å²) < 4.78 is 4.87. The van der Waals surface area contributed by atoms with Crippen LogP contribution >= 0.6 is 15.9 Å². The van der Waals surface area contributed by atoms with Crippen LogP contribution in [0.1, 0.15) is 78.6 Å². The number of ketones is 1. The number of carbonyl (C=O) groups excluding carboxylic acids is 2. The van der Waals surface area contributed by atoms with Crippen molar-refractivity contribution in [2.75, 3.05) is 7.11 Å². The van der Waals surface area contributed by atoms with E-state index in [2.05, 4.69) is 42.8 Å². The predicted molar refractivity (Wildman–Crippen MR) is 119 cm³/mol. The first kappa shape index (κ1) is 21.6. The largest absolute Gasteiger partial charge is 0.469 e. The van der Waals surface area contributed by atoms with Crippen LogP contribution in [0.15, 0.2) is 11.6 Å². The van der Waals surface area contributed by atoms with Crippen molar-refractivity contribution in [2.24, 2.45) is 40.4 Å². The molecule has 3 saturated carbocycles. The molecule has 0 unspecified atom stereocenters. The number of hydrogen-bond donors (Lipinski definition) is 0. The highest BCUT2D eigenvalue weighted by atomic mass is 79.9. The molecule has 0 aliphatic heterocycles. The van der Waals surface area contributed by atoms with Crippen LogP contribution in [0.25, 0.3) is 0 Å². The van der Waals surface area contributed by atoms with Crippen molar-refractivity contribution in [3.8, 4) is 0 Å². The van der Waals surface area contributed by atoms with Crippen LogP contribution in [0.3, 0.4) is 0 Å². The van der Waals surface area contributed by atoms with E-state index in [0.717, 1.165) is 25.7 Å². The molecule has 0 aromatic carbocycles. The van der Waals surface area contributed by atoms with Gasteiger partial charge in [0.15, 0.2) is 0 Å². The molecule has 0 radical (unpaired) electrons. The summed E-state index contributed by atoms with van der Waals surface area (Å²) in [6.07, 6.45) is 12.0. The fourth-order valence-corrected chi connectivity index (χ4v) is 8.83. The maximum atomic E-state index is 12.3. The Morgan fingerprint density at radius 1 is 1.24 bits per heavy atom. The average molecular weight is 465 g/mol. The zero-order valence-corrected chi connectivity index (χ0v) is 20.1. The summed E-state index contributed by atoms with van der Waals surface area (Å²) >= 11 is 3.69. The molecular weight excluding hydrogens is 428 g/mol. The van der Waals surface area contributed by atoms with E-state index in [-0.39, 0.29) is 16.2 Å². The lowest BCUT2D eigenvalue weighted by molar-refractivity contribution is -0.141. The van der Waals surface area contributed by atoms with E-state index in [9.17, 15) is 9.59 Å². The Morgan fingerprint density at radius 3 is 2.69 bits per heavy atom. The number of methoxy groups -OCH3 is 1. The maximum Gasteiger partial charge on any atom is 0.305 e. The zero-order valence-electron chi connectivity index (χ0n) is 18.5. The van der Waals surface area contributed by atoms with Crippen molar-refractivity contribution < 1.29 is 14.3 Å². The third-order valence-electron chi connectivity index (χ3n) is 9.69. The lowest BCUT2D eigenvalue weighted by atomic mass is 9.47. The van der Waals surface area contributed by atoms with Crippen LogP contribution in [0.5, 0.6) is 0 Å². The lowest BCUT2D eigenvalue weighted by Gasteiger charge is -2.57. The molecule has 4 heteroatoms. The fraction of sp³-hybridized carbons (Fsp3) is 0.840. The van der Waals surface area contributed by atoms with Crippen LogP contribution < -0.4 is 0 Å². The lowest BCUT2D eigenvalue weighted by Crippen LogP contribution is -2.51. The summed E-state index contributed by atoms with van der Waals surface area (Å²) in [6.45, 7) is 7.36. The Labute approximate surface area is 184 Å². The smallest absolute Gasteiger partial charge is 0.305 e. The van der Waals surface area contributed by atoms with E-state index in [0.29, 0.717) is 47.2 Å². The Balaban J connectivity index is 1.54. The van der Waals surface area contributed by atoms with Gasteiger partial charge >= 0.3 is 5.97 Å². The van der Waals surface area contributed by atoms with Crippen molar-refractivity contribution in [3.63, 3.8) is 0 Å². The van der Waals surface area contributed by atoms with Gasteiger partial charge in [-0.3, -0.25) is 9.59 Å². The molecule has 8 atom stereocenters. The molecule has 0 bridgehead atoms. The number of halogens is 1. The van der Waals surface area contributed by atoms with Gasteiger partial charge in [-0.15, -0.1) is 0 Å². The molecule has 0 spiro atoms. The minimum absolute atomic E-state index is 0.0473. The van der Waals surface area contributed by atoms with Crippen molar-refractivity contribution in [1.82, 2.24) is 0 Å². The number of allylic oxidation sites excluding steroid dienone is 2. The van der Waals surface area contributed by atoms with E-state index in [1.54, 1.807) is 5.57 Å². The quantitative estimate of drug-likeness (QED) is 0.286. The minimum Gasteiger partial charge on any atom is -0.469 e. The molecule has 3 fully saturated rings. The van der Waals surface area contributed by atoms with Gasteiger partial charge in [0.2, 0.25) is 0 Å². The van der Waals surface area contributed by atoms with Gasteiger partial charge in [-0.1, -0.05) is 48.4 Å². The Morgan fingerprint density at radius 2 is 1.97 bits per heavy atom. The molecule has 0 aromatic heterocycles. The summed E-state index contributed by atoms with van der Waals surface area (Å²) in [7, 11) is 1.49. The first-order chi connectivity index (χ1) is 13.7. The SMILES string of the molecule is COC(=O)CC[C@@H](C)[C@H]1CC[C@H]2C3=CC[C@@H]4CC(=O)[C@@H](Br)C[C@]4(C)[C@H]3CC[C@]12C. The van der Waals surface area contributed by atoms with Crippen LogP contribution in [-0.2, 0) is 14.3 Å². The Kier molecular flexibility index (Phi) is 5.81. The van der Waals surface area contributed by atoms with Crippen LogP contribution in [-0.4, -0.2) is 23.7 Å². The van der Waals surface area contributed by atoms with E-state index >= 15 is 0 Å². The Hall–Kier alpha value is -0.640. The number of alkyl halides is 1. The second-order valence-electron chi connectivity index (χ2n) is 10.9. The first-order valence-corrected chi connectivity index (χ1v) is 12.6. The van der Waals surface area contributed by atoms with Crippen LogP contribution in [0.4, 0.5) is 0 Å². The fourth-order valence-electron chi connectivity index (χ4n) is 7.94. The molecule has 29 heavy (non-hydrogen) atoms. The van der Waals surface area contributed by atoms with Gasteiger partial charge < -0.3 is 4.74 Å². The molecule has 0 amide bonds. The monoisotopic (exact) mass is 464 g/mol. The van der Waals surface area contributed by atoms with E-state index in [1.165, 1.54) is 32.8 Å². The highest BCUT2D eigenvalue weighted by molar-refractivity contribution is 9.10. The van der Waals surface area contributed by atoms with Gasteiger partial charge in [-0.2, -0.15) is 0 Å². The first-order valence-electron chi connectivity index (χ1n) is 11.6. The molecule has 0 heterocycles. The molecule has 0 N–H and O–H groups in total. The predicted octanol–water partition coefficient (Wildman–Crippen LogP) is 6.10. The third-order valence-corrected chi connectivity index (χ3v) is 10.5.